The smallest absolute Gasteiger partial charge is 0.221 e. The third-order valence-electron chi connectivity index (χ3n) is 4.23. The van der Waals surface area contributed by atoms with Gasteiger partial charge >= 0.3 is 0 Å². The van der Waals surface area contributed by atoms with Gasteiger partial charge in [0, 0.05) is 39.0 Å². The van der Waals surface area contributed by atoms with Crippen LogP contribution in [0.3, 0.4) is 0 Å². The van der Waals surface area contributed by atoms with Crippen LogP contribution in [0.1, 0.15) is 38.1 Å². The SMILES string of the molecule is CCNC(=O)CCN1CCC(C(O)c2nccn2C)CC1. The van der Waals surface area contributed by atoms with E-state index in [0.717, 1.165) is 38.3 Å². The van der Waals surface area contributed by atoms with Crippen LogP contribution in [0.25, 0.3) is 0 Å². The topological polar surface area (TPSA) is 70.4 Å². The van der Waals surface area contributed by atoms with Crippen LogP contribution in [0.15, 0.2) is 12.4 Å². The molecule has 21 heavy (non-hydrogen) atoms. The number of hydrogen-bond acceptors (Lipinski definition) is 4. The van der Waals surface area contributed by atoms with Gasteiger partial charge in [0.25, 0.3) is 0 Å². The van der Waals surface area contributed by atoms with Crippen molar-refractivity contribution in [1.82, 2.24) is 19.8 Å². The van der Waals surface area contributed by atoms with E-state index < -0.39 is 6.10 Å². The van der Waals surface area contributed by atoms with Crippen LogP contribution >= 0.6 is 0 Å². The second kappa shape index (κ2) is 7.56. The summed E-state index contributed by atoms with van der Waals surface area (Å²) in [6.45, 7) is 5.30. The lowest BCUT2D eigenvalue weighted by Crippen LogP contribution is -2.38. The minimum absolute atomic E-state index is 0.118. The van der Waals surface area contributed by atoms with Crippen LogP contribution in [-0.4, -0.2) is 51.6 Å². The molecule has 1 aromatic heterocycles. The molecule has 0 radical (unpaired) electrons. The highest BCUT2D eigenvalue weighted by atomic mass is 16.3. The zero-order valence-corrected chi connectivity index (χ0v) is 13.0. The molecule has 1 amide bonds. The summed E-state index contributed by atoms with van der Waals surface area (Å²) < 4.78 is 1.88. The Hall–Kier alpha value is -1.40. The Morgan fingerprint density at radius 3 is 2.81 bits per heavy atom. The second-order valence-corrected chi connectivity index (χ2v) is 5.72. The molecule has 2 rings (SSSR count). The average molecular weight is 294 g/mol. The lowest BCUT2D eigenvalue weighted by molar-refractivity contribution is -0.121. The van der Waals surface area contributed by atoms with Crippen LogP contribution < -0.4 is 5.32 Å². The number of aliphatic hydroxyl groups excluding tert-OH is 1. The van der Waals surface area contributed by atoms with Crippen molar-refractivity contribution >= 4 is 5.91 Å². The van der Waals surface area contributed by atoms with Gasteiger partial charge in [-0.25, -0.2) is 4.98 Å². The number of aliphatic hydroxyl groups is 1. The molecule has 2 N–H and O–H groups in total. The summed E-state index contributed by atoms with van der Waals surface area (Å²) >= 11 is 0. The second-order valence-electron chi connectivity index (χ2n) is 5.72. The maximum Gasteiger partial charge on any atom is 0.221 e. The highest BCUT2D eigenvalue weighted by molar-refractivity contribution is 5.75. The van der Waals surface area contributed by atoms with E-state index in [-0.39, 0.29) is 11.8 Å². The average Bonchev–Trinajstić information content (AvgIpc) is 2.91. The van der Waals surface area contributed by atoms with Gasteiger partial charge in [-0.1, -0.05) is 0 Å². The van der Waals surface area contributed by atoms with Crippen molar-refractivity contribution in [1.29, 1.82) is 0 Å². The number of carbonyl (C=O) groups excluding carboxylic acids is 1. The molecule has 1 fully saturated rings. The first-order valence-electron chi connectivity index (χ1n) is 7.76. The van der Waals surface area contributed by atoms with Crippen molar-refractivity contribution in [3.63, 3.8) is 0 Å². The maximum absolute atomic E-state index is 11.5. The largest absolute Gasteiger partial charge is 0.385 e. The van der Waals surface area contributed by atoms with E-state index in [4.69, 9.17) is 0 Å². The van der Waals surface area contributed by atoms with Gasteiger partial charge < -0.3 is 19.9 Å². The molecule has 0 saturated carbocycles. The standard InChI is InChI=1S/C15H26N4O2/c1-3-16-13(20)6-10-19-8-4-12(5-9-19)14(21)15-17-7-11-18(15)2/h7,11-12,14,21H,3-6,8-10H2,1-2H3,(H,16,20). The molecule has 0 aromatic carbocycles. The Kier molecular flexibility index (Phi) is 5.76. The zero-order chi connectivity index (χ0) is 15.2. The Morgan fingerprint density at radius 1 is 1.52 bits per heavy atom. The number of piperidine rings is 1. The fourth-order valence-corrected chi connectivity index (χ4v) is 2.91. The Morgan fingerprint density at radius 2 is 2.24 bits per heavy atom. The highest BCUT2D eigenvalue weighted by Gasteiger charge is 2.28. The number of aromatic nitrogens is 2. The van der Waals surface area contributed by atoms with E-state index in [2.05, 4.69) is 15.2 Å². The summed E-state index contributed by atoms with van der Waals surface area (Å²) in [5.74, 6) is 1.12. The Labute approximate surface area is 126 Å². The molecule has 118 valence electrons. The van der Waals surface area contributed by atoms with Crippen molar-refractivity contribution in [2.45, 2.75) is 32.3 Å². The lowest BCUT2D eigenvalue weighted by atomic mass is 9.90. The van der Waals surface area contributed by atoms with Gasteiger partial charge in [-0.3, -0.25) is 4.79 Å². The maximum atomic E-state index is 11.5. The van der Waals surface area contributed by atoms with E-state index in [1.54, 1.807) is 6.20 Å². The molecule has 6 heteroatoms. The molecule has 0 spiro atoms. The fraction of sp³-hybridized carbons (Fsp3) is 0.733. The van der Waals surface area contributed by atoms with E-state index in [1.807, 2.05) is 24.7 Å². The number of rotatable bonds is 6. The number of imidazole rings is 1. The van der Waals surface area contributed by atoms with Gasteiger partial charge in [0.15, 0.2) is 0 Å². The van der Waals surface area contributed by atoms with Crippen LogP contribution in [0.2, 0.25) is 0 Å². The van der Waals surface area contributed by atoms with Crippen LogP contribution in [0, 0.1) is 5.92 Å². The third kappa shape index (κ3) is 4.28. The molecule has 1 aliphatic rings. The third-order valence-corrected chi connectivity index (χ3v) is 4.23. The van der Waals surface area contributed by atoms with Crippen molar-refractivity contribution in [2.75, 3.05) is 26.2 Å². The molecular formula is C15H26N4O2. The molecule has 1 saturated heterocycles. The zero-order valence-electron chi connectivity index (χ0n) is 13.0. The molecule has 1 aromatic rings. The van der Waals surface area contributed by atoms with Gasteiger partial charge in [0.05, 0.1) is 0 Å². The number of likely N-dealkylation sites (tertiary alicyclic amines) is 1. The predicted octanol–water partition coefficient (Wildman–Crippen LogP) is 0.692. The summed E-state index contributed by atoms with van der Waals surface area (Å²) in [4.78, 5) is 18.0. The normalized spacial score (nSPS) is 18.6. The summed E-state index contributed by atoms with van der Waals surface area (Å²) in [7, 11) is 1.91. The monoisotopic (exact) mass is 294 g/mol. The Bertz CT molecular complexity index is 452. The Balaban J connectivity index is 1.75. The molecule has 1 aliphatic heterocycles. The first-order chi connectivity index (χ1) is 10.1. The number of carbonyl (C=O) groups is 1. The highest BCUT2D eigenvalue weighted by Crippen LogP contribution is 2.29. The van der Waals surface area contributed by atoms with Gasteiger partial charge in [-0.2, -0.15) is 0 Å². The first-order valence-corrected chi connectivity index (χ1v) is 7.76. The van der Waals surface area contributed by atoms with E-state index in [1.165, 1.54) is 0 Å². The van der Waals surface area contributed by atoms with Crippen LogP contribution in [0.4, 0.5) is 0 Å². The van der Waals surface area contributed by atoms with Crippen LogP contribution in [-0.2, 0) is 11.8 Å². The van der Waals surface area contributed by atoms with E-state index in [9.17, 15) is 9.90 Å². The number of nitrogens with zero attached hydrogens (tertiary/aromatic N) is 3. The van der Waals surface area contributed by atoms with Crippen molar-refractivity contribution in [3.05, 3.63) is 18.2 Å². The minimum atomic E-state index is -0.490. The van der Waals surface area contributed by atoms with Gasteiger partial charge in [0.1, 0.15) is 11.9 Å². The number of aryl methyl sites for hydroxylation is 1. The molecule has 6 nitrogen and oxygen atoms in total. The van der Waals surface area contributed by atoms with Crippen molar-refractivity contribution < 1.29 is 9.90 Å². The fourth-order valence-electron chi connectivity index (χ4n) is 2.91. The van der Waals surface area contributed by atoms with E-state index in [0.29, 0.717) is 13.0 Å². The summed E-state index contributed by atoms with van der Waals surface area (Å²) in [6.07, 6.45) is 5.54. The molecule has 2 heterocycles. The number of hydrogen-bond donors (Lipinski definition) is 2. The van der Waals surface area contributed by atoms with Gasteiger partial charge in [-0.15, -0.1) is 0 Å². The molecule has 1 unspecified atom stereocenters. The van der Waals surface area contributed by atoms with Crippen molar-refractivity contribution in [2.24, 2.45) is 13.0 Å². The molecule has 0 bridgehead atoms. The van der Waals surface area contributed by atoms with E-state index >= 15 is 0 Å². The summed E-state index contributed by atoms with van der Waals surface area (Å²) in [5.41, 5.74) is 0. The number of nitrogens with one attached hydrogen (secondary N) is 1. The van der Waals surface area contributed by atoms with Crippen LogP contribution in [0.5, 0.6) is 0 Å². The van der Waals surface area contributed by atoms with Gasteiger partial charge in [0.2, 0.25) is 5.91 Å². The predicted molar refractivity (Wildman–Crippen MR) is 80.6 cm³/mol. The first kappa shape index (κ1) is 16.0. The minimum Gasteiger partial charge on any atom is -0.385 e. The van der Waals surface area contributed by atoms with Crippen molar-refractivity contribution in [3.8, 4) is 0 Å². The lowest BCUT2D eigenvalue weighted by Gasteiger charge is -2.33. The molecule has 0 aliphatic carbocycles. The number of amides is 1. The molecule has 1 atom stereocenters. The quantitative estimate of drug-likeness (QED) is 0.810. The molecular weight excluding hydrogens is 268 g/mol. The summed E-state index contributed by atoms with van der Waals surface area (Å²) in [6, 6.07) is 0. The summed E-state index contributed by atoms with van der Waals surface area (Å²) in [5, 5.41) is 13.2. The van der Waals surface area contributed by atoms with Gasteiger partial charge in [-0.05, 0) is 38.8 Å².